The number of carbonyl (C=O) groups excluding carboxylic acids is 4. The predicted octanol–water partition coefficient (Wildman–Crippen LogP) is 2.49. The SMILES string of the molecule is CCCCC[C@@H](C(=O)NCNC(=O)c1ccc(-c2cc(OCC)cc(C(=O)N(CC(=O)O)CC(=O)O)c2)o1)[C@@H](CC)C(=O)NO. The van der Waals surface area contributed by atoms with Crippen LogP contribution in [0.2, 0.25) is 0 Å². The Kier molecular flexibility index (Phi) is 14.5. The van der Waals surface area contributed by atoms with Gasteiger partial charge in [0.05, 0.1) is 19.2 Å². The van der Waals surface area contributed by atoms with Crippen molar-refractivity contribution in [1.82, 2.24) is 21.0 Å². The Bertz CT molecular complexity index is 1340. The molecule has 1 aromatic heterocycles. The van der Waals surface area contributed by atoms with Crippen molar-refractivity contribution >= 4 is 35.6 Å². The summed E-state index contributed by atoms with van der Waals surface area (Å²) in [6.07, 6.45) is 3.24. The van der Waals surface area contributed by atoms with E-state index in [0.29, 0.717) is 29.7 Å². The van der Waals surface area contributed by atoms with Crippen LogP contribution < -0.4 is 20.9 Å². The normalized spacial score (nSPS) is 12.0. The summed E-state index contributed by atoms with van der Waals surface area (Å²) in [7, 11) is 0. The molecule has 246 valence electrons. The maximum atomic E-state index is 13.1. The van der Waals surface area contributed by atoms with Crippen molar-refractivity contribution in [2.45, 2.75) is 52.9 Å². The van der Waals surface area contributed by atoms with Crippen LogP contribution in [0.25, 0.3) is 11.3 Å². The molecule has 0 saturated carbocycles. The van der Waals surface area contributed by atoms with E-state index in [2.05, 4.69) is 10.6 Å². The Morgan fingerprint density at radius 1 is 0.889 bits per heavy atom. The molecule has 1 heterocycles. The number of carboxylic acid groups (broad SMARTS) is 2. The van der Waals surface area contributed by atoms with Gasteiger partial charge in [0.1, 0.15) is 24.6 Å². The number of carboxylic acids is 2. The third kappa shape index (κ3) is 10.9. The Labute approximate surface area is 259 Å². The molecule has 0 radical (unpaired) electrons. The first-order valence-electron chi connectivity index (χ1n) is 14.6. The summed E-state index contributed by atoms with van der Waals surface area (Å²) in [4.78, 5) is 74.0. The largest absolute Gasteiger partial charge is 0.494 e. The molecule has 2 aromatic rings. The average molecular weight is 633 g/mol. The minimum absolute atomic E-state index is 0.0580. The number of hydroxylamine groups is 1. The summed E-state index contributed by atoms with van der Waals surface area (Å²) in [5, 5.41) is 32.5. The molecule has 15 nitrogen and oxygen atoms in total. The quantitative estimate of drug-likeness (QED) is 0.0571. The van der Waals surface area contributed by atoms with Gasteiger partial charge < -0.3 is 34.9 Å². The van der Waals surface area contributed by atoms with Crippen molar-refractivity contribution < 1.29 is 53.3 Å². The molecule has 0 spiro atoms. The van der Waals surface area contributed by atoms with Gasteiger partial charge in [-0.3, -0.25) is 34.0 Å². The summed E-state index contributed by atoms with van der Waals surface area (Å²) in [6.45, 7) is 3.74. The zero-order chi connectivity index (χ0) is 33.5. The van der Waals surface area contributed by atoms with Crippen molar-refractivity contribution in [3.05, 3.63) is 41.7 Å². The molecular formula is C30H40N4O11. The van der Waals surface area contributed by atoms with Crippen LogP contribution in [0.4, 0.5) is 0 Å². The number of amides is 4. The summed E-state index contributed by atoms with van der Waals surface area (Å²) < 4.78 is 11.2. The molecule has 0 saturated heterocycles. The minimum atomic E-state index is -1.39. The molecule has 1 aromatic carbocycles. The van der Waals surface area contributed by atoms with Gasteiger partial charge in [-0.05, 0) is 50.1 Å². The van der Waals surface area contributed by atoms with Gasteiger partial charge in [-0.2, -0.15) is 0 Å². The number of hydrogen-bond donors (Lipinski definition) is 6. The number of rotatable bonds is 19. The molecule has 6 N–H and O–H groups in total. The number of aliphatic carboxylic acids is 2. The van der Waals surface area contributed by atoms with Crippen LogP contribution in [-0.4, -0.2) is 82.3 Å². The van der Waals surface area contributed by atoms with E-state index in [4.69, 9.17) is 24.6 Å². The summed E-state index contributed by atoms with van der Waals surface area (Å²) >= 11 is 0. The van der Waals surface area contributed by atoms with Gasteiger partial charge in [-0.1, -0.05) is 33.1 Å². The summed E-state index contributed by atoms with van der Waals surface area (Å²) in [6, 6.07) is 7.06. The van der Waals surface area contributed by atoms with Crippen molar-refractivity contribution in [2.75, 3.05) is 26.4 Å². The van der Waals surface area contributed by atoms with Crippen molar-refractivity contribution in [2.24, 2.45) is 11.8 Å². The molecule has 2 atom stereocenters. The van der Waals surface area contributed by atoms with Crippen LogP contribution in [0.1, 0.15) is 73.8 Å². The lowest BCUT2D eigenvalue weighted by Gasteiger charge is -2.24. The second-order valence-corrected chi connectivity index (χ2v) is 10.1. The van der Waals surface area contributed by atoms with Crippen molar-refractivity contribution in [3.63, 3.8) is 0 Å². The highest BCUT2D eigenvalue weighted by Gasteiger charge is 2.32. The standard InChI is InChI=1S/C30H40N4O11/c1-4-7-8-9-22(21(5-2)28(40)33-43)27(39)31-17-32-29(41)24-11-10-23(45-24)18-12-19(14-20(13-18)44-6-3)30(42)34(15-25(35)36)16-26(37)38/h10-14,21-22,43H,4-9,15-17H2,1-3H3,(H,31,39)(H,32,41)(H,33,40)(H,35,36)(H,37,38)/t21-,22-/m1/s1. The Balaban J connectivity index is 2.19. The van der Waals surface area contributed by atoms with Gasteiger partial charge in [0.25, 0.3) is 11.8 Å². The Morgan fingerprint density at radius 3 is 2.16 bits per heavy atom. The fraction of sp³-hybridized carbons (Fsp3) is 0.467. The topological polar surface area (TPSA) is 225 Å². The molecule has 2 rings (SSSR count). The second-order valence-electron chi connectivity index (χ2n) is 10.1. The monoisotopic (exact) mass is 632 g/mol. The van der Waals surface area contributed by atoms with E-state index in [-0.39, 0.29) is 36.1 Å². The fourth-order valence-corrected chi connectivity index (χ4v) is 4.73. The number of nitrogens with zero attached hydrogens (tertiary/aromatic N) is 1. The zero-order valence-corrected chi connectivity index (χ0v) is 25.5. The van der Waals surface area contributed by atoms with E-state index in [1.165, 1.54) is 30.3 Å². The van der Waals surface area contributed by atoms with Crippen LogP contribution in [0, 0.1) is 11.8 Å². The molecule has 0 aliphatic heterocycles. The van der Waals surface area contributed by atoms with E-state index in [1.807, 2.05) is 6.92 Å². The molecule has 0 unspecified atom stereocenters. The van der Waals surface area contributed by atoms with Gasteiger partial charge in [0.2, 0.25) is 11.8 Å². The van der Waals surface area contributed by atoms with E-state index in [1.54, 1.807) is 19.3 Å². The second kappa shape index (κ2) is 18.0. The summed E-state index contributed by atoms with van der Waals surface area (Å²) in [5.41, 5.74) is 1.85. The van der Waals surface area contributed by atoms with Gasteiger partial charge in [0, 0.05) is 17.0 Å². The third-order valence-electron chi connectivity index (χ3n) is 6.86. The highest BCUT2D eigenvalue weighted by molar-refractivity contribution is 5.99. The van der Waals surface area contributed by atoms with E-state index < -0.39 is 60.5 Å². The highest BCUT2D eigenvalue weighted by Crippen LogP contribution is 2.29. The number of hydrogen-bond acceptors (Lipinski definition) is 9. The highest BCUT2D eigenvalue weighted by atomic mass is 16.5. The third-order valence-corrected chi connectivity index (χ3v) is 6.86. The molecule has 0 fully saturated rings. The van der Waals surface area contributed by atoms with Crippen LogP contribution in [0.3, 0.4) is 0 Å². The lowest BCUT2D eigenvalue weighted by Crippen LogP contribution is -2.44. The lowest BCUT2D eigenvalue weighted by atomic mass is 9.84. The van der Waals surface area contributed by atoms with E-state index >= 15 is 0 Å². The molecule has 0 aliphatic carbocycles. The van der Waals surface area contributed by atoms with Gasteiger partial charge in [-0.25, -0.2) is 5.48 Å². The molecule has 45 heavy (non-hydrogen) atoms. The van der Waals surface area contributed by atoms with E-state index in [9.17, 15) is 28.8 Å². The van der Waals surface area contributed by atoms with Gasteiger partial charge in [-0.15, -0.1) is 0 Å². The number of carbonyl (C=O) groups is 6. The average Bonchev–Trinajstić information content (AvgIpc) is 3.50. The number of furan rings is 1. The number of unbranched alkanes of at least 4 members (excludes halogenated alkanes) is 2. The van der Waals surface area contributed by atoms with Crippen LogP contribution in [-0.2, 0) is 19.2 Å². The fourth-order valence-electron chi connectivity index (χ4n) is 4.73. The maximum Gasteiger partial charge on any atom is 0.323 e. The van der Waals surface area contributed by atoms with Crippen LogP contribution >= 0.6 is 0 Å². The Hall–Kier alpha value is -4.92. The molecule has 15 heteroatoms. The van der Waals surface area contributed by atoms with Crippen LogP contribution in [0.15, 0.2) is 34.7 Å². The first-order chi connectivity index (χ1) is 21.4. The van der Waals surface area contributed by atoms with E-state index in [0.717, 1.165) is 12.8 Å². The van der Waals surface area contributed by atoms with Gasteiger partial charge >= 0.3 is 11.9 Å². The first kappa shape index (κ1) is 36.3. The molecule has 0 bridgehead atoms. The first-order valence-corrected chi connectivity index (χ1v) is 14.6. The maximum absolute atomic E-state index is 13.1. The number of nitrogens with one attached hydrogen (secondary N) is 3. The minimum Gasteiger partial charge on any atom is -0.494 e. The van der Waals surface area contributed by atoms with Crippen molar-refractivity contribution in [1.29, 1.82) is 0 Å². The smallest absolute Gasteiger partial charge is 0.323 e. The summed E-state index contributed by atoms with van der Waals surface area (Å²) in [5.74, 6) is -6.64. The van der Waals surface area contributed by atoms with Crippen LogP contribution in [0.5, 0.6) is 5.75 Å². The number of benzene rings is 1. The van der Waals surface area contributed by atoms with Crippen molar-refractivity contribution in [3.8, 4) is 17.1 Å². The molecule has 4 amide bonds. The number of ether oxygens (including phenoxy) is 1. The Morgan fingerprint density at radius 2 is 1.58 bits per heavy atom. The molecular weight excluding hydrogens is 592 g/mol. The predicted molar refractivity (Wildman–Crippen MR) is 158 cm³/mol. The van der Waals surface area contributed by atoms with Gasteiger partial charge in [0.15, 0.2) is 5.76 Å². The lowest BCUT2D eigenvalue weighted by molar-refractivity contribution is -0.141. The zero-order valence-electron chi connectivity index (χ0n) is 25.5. The molecule has 0 aliphatic rings.